The molecule has 0 bridgehead atoms. The van der Waals surface area contributed by atoms with Crippen LogP contribution in [-0.2, 0) is 11.4 Å². The Morgan fingerprint density at radius 3 is 2.59 bits per heavy atom. The van der Waals surface area contributed by atoms with Crippen LogP contribution < -0.4 is 5.73 Å². The van der Waals surface area contributed by atoms with E-state index in [0.717, 1.165) is 30.0 Å². The summed E-state index contributed by atoms with van der Waals surface area (Å²) in [4.78, 5) is 15.2. The first kappa shape index (κ1) is 17.0. The van der Waals surface area contributed by atoms with Crippen molar-refractivity contribution in [3.63, 3.8) is 0 Å². The van der Waals surface area contributed by atoms with E-state index in [1.54, 1.807) is 18.3 Å². The molecule has 120 valence electrons. The molecule has 1 saturated carbocycles. The first-order chi connectivity index (χ1) is 10.3. The van der Waals surface area contributed by atoms with Crippen molar-refractivity contribution >= 4 is 23.0 Å². The van der Waals surface area contributed by atoms with Crippen molar-refractivity contribution in [2.75, 3.05) is 0 Å². The van der Waals surface area contributed by atoms with Crippen LogP contribution >= 0.6 is 0 Å². The van der Waals surface area contributed by atoms with Gasteiger partial charge in [-0.2, -0.15) is 0 Å². The molecule has 1 aromatic rings. The van der Waals surface area contributed by atoms with Gasteiger partial charge in [0, 0.05) is 11.8 Å². The molecule has 2 N–H and O–H groups in total. The molecule has 1 amide bonds. The van der Waals surface area contributed by atoms with Crippen LogP contribution in [0.2, 0.25) is 0 Å². The highest BCUT2D eigenvalue weighted by Gasteiger charge is 2.28. The second-order valence-corrected chi connectivity index (χ2v) is 8.58. The van der Waals surface area contributed by atoms with E-state index in [-0.39, 0.29) is 5.69 Å². The molecule has 6 heteroatoms. The van der Waals surface area contributed by atoms with Crippen LogP contribution in [0.25, 0.3) is 0 Å². The van der Waals surface area contributed by atoms with E-state index in [4.69, 9.17) is 5.73 Å². The van der Waals surface area contributed by atoms with Crippen LogP contribution in [0.5, 0.6) is 0 Å². The van der Waals surface area contributed by atoms with Gasteiger partial charge in [0.05, 0.1) is 0 Å². The van der Waals surface area contributed by atoms with Crippen molar-refractivity contribution in [1.29, 1.82) is 0 Å². The van der Waals surface area contributed by atoms with E-state index in [1.165, 1.54) is 12.8 Å². The molecule has 1 aromatic heterocycles. The van der Waals surface area contributed by atoms with Gasteiger partial charge in [0.15, 0.2) is 0 Å². The lowest BCUT2D eigenvalue weighted by Gasteiger charge is -2.19. The molecule has 1 aliphatic rings. The fourth-order valence-corrected chi connectivity index (χ4v) is 2.61. The topological polar surface area (TPSA) is 91.4 Å². The van der Waals surface area contributed by atoms with Crippen LogP contribution in [0.1, 0.15) is 62.5 Å². The first-order valence-electron chi connectivity index (χ1n) is 7.53. The summed E-state index contributed by atoms with van der Waals surface area (Å²) in [5, 5.41) is 0. The summed E-state index contributed by atoms with van der Waals surface area (Å²) in [5.74, 6) is 0.215. The van der Waals surface area contributed by atoms with E-state index in [9.17, 15) is 9.35 Å². The molecule has 1 heterocycles. The van der Waals surface area contributed by atoms with Crippen LogP contribution in [-0.4, -0.2) is 25.9 Å². The van der Waals surface area contributed by atoms with Gasteiger partial charge in [-0.05, 0) is 51.7 Å². The predicted molar refractivity (Wildman–Crippen MR) is 89.1 cm³/mol. The number of rotatable bonds is 6. The lowest BCUT2D eigenvalue weighted by Crippen LogP contribution is -2.27. The minimum atomic E-state index is -1.31. The number of amides is 1. The lowest BCUT2D eigenvalue weighted by atomic mass is 10.1. The Kier molecular flexibility index (Phi) is 5.24. The predicted octanol–water partition coefficient (Wildman–Crippen LogP) is 2.62. The molecule has 1 unspecified atom stereocenters. The van der Waals surface area contributed by atoms with E-state index in [1.807, 2.05) is 20.8 Å². The second kappa shape index (κ2) is 6.79. The van der Waals surface area contributed by atoms with Crippen molar-refractivity contribution in [2.24, 2.45) is 16.0 Å². The second-order valence-electron chi connectivity index (χ2n) is 6.68. The van der Waals surface area contributed by atoms with Crippen molar-refractivity contribution in [3.05, 3.63) is 29.6 Å². The number of hydrogen-bond donors (Lipinski definition) is 1. The van der Waals surface area contributed by atoms with Gasteiger partial charge in [-0.25, -0.2) is 0 Å². The highest BCUT2D eigenvalue weighted by atomic mass is 32.2. The van der Waals surface area contributed by atoms with E-state index < -0.39 is 22.0 Å². The molecule has 22 heavy (non-hydrogen) atoms. The minimum absolute atomic E-state index is 0.224. The Hall–Kier alpha value is -1.40. The molecule has 0 spiro atoms. The zero-order valence-electron chi connectivity index (χ0n) is 13.3. The van der Waals surface area contributed by atoms with E-state index in [0.29, 0.717) is 0 Å². The fourth-order valence-electron chi connectivity index (χ4n) is 1.94. The zero-order valence-corrected chi connectivity index (χ0v) is 14.2. The summed E-state index contributed by atoms with van der Waals surface area (Å²) in [7, 11) is 0. The highest BCUT2D eigenvalue weighted by Crippen LogP contribution is 2.34. The highest BCUT2D eigenvalue weighted by molar-refractivity contribution is 7.91. The largest absolute Gasteiger partial charge is 0.591 e. The number of hydrogen-bond acceptors (Lipinski definition) is 4. The first-order valence-corrected chi connectivity index (χ1v) is 8.64. The number of aromatic nitrogens is 1. The molecular weight excluding hydrogens is 298 g/mol. The van der Waals surface area contributed by atoms with Gasteiger partial charge in [0.1, 0.15) is 27.5 Å². The smallest absolute Gasteiger partial charge is 0.267 e. The Morgan fingerprint density at radius 1 is 1.45 bits per heavy atom. The maximum Gasteiger partial charge on any atom is 0.267 e. The number of nitrogens with zero attached hydrogens (tertiary/aromatic N) is 2. The molecule has 0 aliphatic heterocycles. The third kappa shape index (κ3) is 4.81. The van der Waals surface area contributed by atoms with E-state index >= 15 is 0 Å². The molecular formula is C16H23N3O2S. The molecule has 0 radical (unpaired) electrons. The van der Waals surface area contributed by atoms with Gasteiger partial charge < -0.3 is 10.3 Å². The third-order valence-corrected chi connectivity index (χ3v) is 4.99. The van der Waals surface area contributed by atoms with Crippen molar-refractivity contribution in [2.45, 2.75) is 51.2 Å². The Labute approximate surface area is 134 Å². The number of primary amides is 1. The van der Waals surface area contributed by atoms with Crippen LogP contribution in [0.4, 0.5) is 0 Å². The molecule has 1 atom stereocenters. The van der Waals surface area contributed by atoms with Crippen LogP contribution in [0.3, 0.4) is 0 Å². The molecule has 0 aromatic carbocycles. The van der Waals surface area contributed by atoms with Crippen LogP contribution in [0, 0.1) is 5.92 Å². The van der Waals surface area contributed by atoms with Gasteiger partial charge in [0.25, 0.3) is 5.91 Å². The summed E-state index contributed by atoms with van der Waals surface area (Å²) in [6.45, 7) is 5.71. The maximum atomic E-state index is 12.3. The average Bonchev–Trinajstić information content (AvgIpc) is 3.26. The van der Waals surface area contributed by atoms with Gasteiger partial charge in [-0.1, -0.05) is 17.2 Å². The third-order valence-electron chi connectivity index (χ3n) is 3.55. The monoisotopic (exact) mass is 321 g/mol. The maximum absolute atomic E-state index is 12.3. The quantitative estimate of drug-likeness (QED) is 0.645. The standard InChI is InChI=1S/C16H23N3O2S/c1-16(2,3)22(21)19-13(8-6-11-4-5-11)12-7-9-14(15(17)20)18-10-12/h7,9-11H,4-6,8H2,1-3H3,(H2,17,20)/b19-13+. The van der Waals surface area contributed by atoms with Gasteiger partial charge >= 0.3 is 0 Å². The summed E-state index contributed by atoms with van der Waals surface area (Å²) in [6.07, 6.45) is 5.97. The zero-order chi connectivity index (χ0) is 16.3. The molecule has 0 saturated heterocycles. The van der Waals surface area contributed by atoms with Crippen molar-refractivity contribution < 1.29 is 9.35 Å². The lowest BCUT2D eigenvalue weighted by molar-refractivity contribution is 0.0995. The van der Waals surface area contributed by atoms with E-state index in [2.05, 4.69) is 9.38 Å². The summed E-state index contributed by atoms with van der Waals surface area (Å²) in [5.41, 5.74) is 7.03. The van der Waals surface area contributed by atoms with Crippen molar-refractivity contribution in [3.8, 4) is 0 Å². The Morgan fingerprint density at radius 2 is 2.14 bits per heavy atom. The normalized spacial score (nSPS) is 17.4. The number of pyridine rings is 1. The average molecular weight is 321 g/mol. The molecule has 2 rings (SSSR count). The summed E-state index contributed by atoms with van der Waals surface area (Å²) >= 11 is -1.31. The Bertz CT molecular complexity index is 560. The fraction of sp³-hybridized carbons (Fsp3) is 0.562. The summed E-state index contributed by atoms with van der Waals surface area (Å²) in [6, 6.07) is 3.36. The molecule has 1 fully saturated rings. The van der Waals surface area contributed by atoms with Gasteiger partial charge in [-0.15, -0.1) is 0 Å². The SMILES string of the molecule is CC(C)(C)[S+]([O-])/N=C(\CCC1CC1)c1ccc(C(N)=O)nc1. The number of carbonyl (C=O) groups excluding carboxylic acids is 1. The van der Waals surface area contributed by atoms with Crippen molar-refractivity contribution in [1.82, 2.24) is 4.98 Å². The Balaban J connectivity index is 2.22. The number of nitrogens with two attached hydrogens (primary N) is 1. The number of carbonyl (C=O) groups is 1. The minimum Gasteiger partial charge on any atom is -0.591 e. The summed E-state index contributed by atoms with van der Waals surface area (Å²) < 4.78 is 16.3. The van der Waals surface area contributed by atoms with Gasteiger partial charge in [0.2, 0.25) is 0 Å². The van der Waals surface area contributed by atoms with Crippen LogP contribution in [0.15, 0.2) is 22.7 Å². The molecule has 5 nitrogen and oxygen atoms in total. The van der Waals surface area contributed by atoms with Gasteiger partial charge in [-0.3, -0.25) is 9.78 Å². The molecule has 1 aliphatic carbocycles.